The fourth-order valence-electron chi connectivity index (χ4n) is 1.01. The van der Waals surface area contributed by atoms with E-state index in [1.165, 1.54) is 14.1 Å². The number of nitrogens with one attached hydrogen (secondary N) is 1. The molecule has 7 nitrogen and oxygen atoms in total. The van der Waals surface area contributed by atoms with Crippen molar-refractivity contribution in [2.24, 2.45) is 0 Å². The molecular formula is C8H13N3O4S. The van der Waals surface area contributed by atoms with Crippen LogP contribution >= 0.6 is 0 Å². The van der Waals surface area contributed by atoms with E-state index >= 15 is 0 Å². The Hall–Kier alpha value is -1.41. The molecule has 0 saturated carbocycles. The molecular weight excluding hydrogens is 234 g/mol. The van der Waals surface area contributed by atoms with Crippen molar-refractivity contribution >= 4 is 16.0 Å². The molecule has 0 unspecified atom stereocenters. The number of hydrogen-bond acceptors (Lipinski definition) is 5. The molecule has 16 heavy (non-hydrogen) atoms. The van der Waals surface area contributed by atoms with Gasteiger partial charge in [0.2, 0.25) is 0 Å². The second kappa shape index (κ2) is 4.62. The first-order valence-electron chi connectivity index (χ1n) is 4.54. The van der Waals surface area contributed by atoms with Crippen LogP contribution in [0.3, 0.4) is 0 Å². The number of carbonyl (C=O) groups is 1. The zero-order valence-corrected chi connectivity index (χ0v) is 10.0. The normalized spacial score (nSPS) is 11.8. The van der Waals surface area contributed by atoms with Crippen LogP contribution in [0.4, 0.5) is 0 Å². The van der Waals surface area contributed by atoms with Crippen LogP contribution in [-0.2, 0) is 14.8 Å². The summed E-state index contributed by atoms with van der Waals surface area (Å²) in [4.78, 5) is 11.4. The summed E-state index contributed by atoms with van der Waals surface area (Å²) in [6, 6.07) is 0. The number of sulfonamides is 1. The van der Waals surface area contributed by atoms with Crippen LogP contribution in [0.5, 0.6) is 0 Å². The monoisotopic (exact) mass is 247 g/mol. The molecule has 0 bridgehead atoms. The molecule has 1 N–H and O–H groups in total. The van der Waals surface area contributed by atoms with Crippen molar-refractivity contribution in [3.8, 4) is 0 Å². The third-order valence-corrected chi connectivity index (χ3v) is 3.63. The number of hydrogen-bond donors (Lipinski definition) is 1. The Morgan fingerprint density at radius 3 is 2.69 bits per heavy atom. The zero-order valence-electron chi connectivity index (χ0n) is 9.22. The van der Waals surface area contributed by atoms with Crippen LogP contribution in [0.1, 0.15) is 17.3 Å². The number of carbonyl (C=O) groups excluding carboxylic acids is 1. The highest BCUT2D eigenvalue weighted by atomic mass is 32.2. The summed E-state index contributed by atoms with van der Waals surface area (Å²) < 4.78 is 29.2. The standard InChI is InChI=1S/C8H13N3O4S/c1-4-15-8(12)6-5-9-10-7(6)16(13,14)11(2)3/h5H,4H2,1-3H3,(H,9,10). The van der Waals surface area contributed by atoms with E-state index in [1.807, 2.05) is 0 Å². The van der Waals surface area contributed by atoms with E-state index in [1.54, 1.807) is 6.92 Å². The smallest absolute Gasteiger partial charge is 0.342 e. The minimum atomic E-state index is -3.71. The van der Waals surface area contributed by atoms with Gasteiger partial charge in [0.15, 0.2) is 5.03 Å². The van der Waals surface area contributed by atoms with Crippen molar-refractivity contribution in [1.82, 2.24) is 14.5 Å². The molecule has 0 aromatic carbocycles. The quantitative estimate of drug-likeness (QED) is 0.746. The van der Waals surface area contributed by atoms with E-state index in [-0.39, 0.29) is 17.2 Å². The highest BCUT2D eigenvalue weighted by Gasteiger charge is 2.27. The summed E-state index contributed by atoms with van der Waals surface area (Å²) in [7, 11) is -0.981. The molecule has 0 aliphatic carbocycles. The molecule has 0 saturated heterocycles. The third-order valence-electron chi connectivity index (χ3n) is 1.84. The summed E-state index contributed by atoms with van der Waals surface area (Å²) in [6.45, 7) is 1.81. The Morgan fingerprint density at radius 1 is 1.56 bits per heavy atom. The predicted octanol–water partition coefficient (Wildman–Crippen LogP) is -0.163. The van der Waals surface area contributed by atoms with Crippen molar-refractivity contribution in [2.45, 2.75) is 11.9 Å². The van der Waals surface area contributed by atoms with Crippen LogP contribution in [0.2, 0.25) is 0 Å². The maximum absolute atomic E-state index is 11.8. The topological polar surface area (TPSA) is 92.4 Å². The average Bonchev–Trinajstić information content (AvgIpc) is 2.66. The van der Waals surface area contributed by atoms with Gasteiger partial charge >= 0.3 is 5.97 Å². The maximum Gasteiger partial charge on any atom is 0.342 e. The van der Waals surface area contributed by atoms with E-state index in [4.69, 9.17) is 4.74 Å². The predicted molar refractivity (Wildman–Crippen MR) is 55.4 cm³/mol. The largest absolute Gasteiger partial charge is 0.462 e. The fraction of sp³-hybridized carbons (Fsp3) is 0.500. The van der Waals surface area contributed by atoms with E-state index in [0.29, 0.717) is 0 Å². The average molecular weight is 247 g/mol. The van der Waals surface area contributed by atoms with Gasteiger partial charge in [-0.3, -0.25) is 5.10 Å². The maximum atomic E-state index is 11.8. The second-order valence-corrected chi connectivity index (χ2v) is 5.21. The second-order valence-electron chi connectivity index (χ2n) is 3.12. The Balaban J connectivity index is 3.18. The molecule has 0 spiro atoms. The summed E-state index contributed by atoms with van der Waals surface area (Å²) in [5.41, 5.74) is -0.0875. The third kappa shape index (κ3) is 2.22. The lowest BCUT2D eigenvalue weighted by atomic mass is 10.4. The van der Waals surface area contributed by atoms with Gasteiger partial charge in [0.25, 0.3) is 10.0 Å². The van der Waals surface area contributed by atoms with Crippen LogP contribution in [0, 0.1) is 0 Å². The first kappa shape index (κ1) is 12.7. The van der Waals surface area contributed by atoms with Gasteiger partial charge in [0.05, 0.1) is 12.8 Å². The van der Waals surface area contributed by atoms with Crippen LogP contribution in [0.25, 0.3) is 0 Å². The lowest BCUT2D eigenvalue weighted by Gasteiger charge is -2.10. The van der Waals surface area contributed by atoms with Crippen molar-refractivity contribution < 1.29 is 17.9 Å². The number of rotatable bonds is 4. The molecule has 0 fully saturated rings. The van der Waals surface area contributed by atoms with Gasteiger partial charge in [-0.2, -0.15) is 5.10 Å². The van der Waals surface area contributed by atoms with Gasteiger partial charge in [-0.05, 0) is 6.92 Å². The van der Waals surface area contributed by atoms with Gasteiger partial charge in [-0.15, -0.1) is 0 Å². The molecule has 1 rings (SSSR count). The highest BCUT2D eigenvalue weighted by Crippen LogP contribution is 2.15. The Bertz CT molecular complexity index is 477. The molecule has 1 heterocycles. The zero-order chi connectivity index (χ0) is 12.3. The van der Waals surface area contributed by atoms with E-state index in [9.17, 15) is 13.2 Å². The minimum Gasteiger partial charge on any atom is -0.462 e. The van der Waals surface area contributed by atoms with E-state index < -0.39 is 16.0 Å². The number of aromatic amines is 1. The fourth-order valence-corrected chi connectivity index (χ4v) is 1.95. The number of nitrogens with zero attached hydrogens (tertiary/aromatic N) is 2. The van der Waals surface area contributed by atoms with Crippen LogP contribution < -0.4 is 0 Å². The lowest BCUT2D eigenvalue weighted by molar-refractivity contribution is 0.0521. The molecule has 90 valence electrons. The molecule has 0 amide bonds. The molecule has 0 atom stereocenters. The number of aromatic nitrogens is 2. The van der Waals surface area contributed by atoms with Crippen LogP contribution in [0.15, 0.2) is 11.2 Å². The van der Waals surface area contributed by atoms with Crippen molar-refractivity contribution in [3.05, 3.63) is 11.8 Å². The first-order valence-corrected chi connectivity index (χ1v) is 5.98. The van der Waals surface area contributed by atoms with Crippen molar-refractivity contribution in [3.63, 3.8) is 0 Å². The van der Waals surface area contributed by atoms with Gasteiger partial charge in [-0.1, -0.05) is 0 Å². The van der Waals surface area contributed by atoms with Crippen molar-refractivity contribution in [1.29, 1.82) is 0 Å². The van der Waals surface area contributed by atoms with Crippen LogP contribution in [-0.4, -0.2) is 49.6 Å². The highest BCUT2D eigenvalue weighted by molar-refractivity contribution is 7.89. The van der Waals surface area contributed by atoms with Crippen molar-refractivity contribution in [2.75, 3.05) is 20.7 Å². The van der Waals surface area contributed by atoms with E-state index in [0.717, 1.165) is 10.5 Å². The Labute approximate surface area is 93.4 Å². The Morgan fingerprint density at radius 2 is 2.19 bits per heavy atom. The van der Waals surface area contributed by atoms with E-state index in [2.05, 4.69) is 10.2 Å². The summed E-state index contributed by atoms with van der Waals surface area (Å²) in [6.07, 6.45) is 1.13. The summed E-state index contributed by atoms with van der Waals surface area (Å²) >= 11 is 0. The molecule has 8 heteroatoms. The molecule has 0 aliphatic heterocycles. The number of esters is 1. The molecule has 1 aromatic heterocycles. The first-order chi connectivity index (χ1) is 7.41. The number of H-pyrrole nitrogens is 1. The summed E-state index contributed by atoms with van der Waals surface area (Å²) in [5.74, 6) is -0.711. The molecule has 1 aromatic rings. The van der Waals surface area contributed by atoms with Gasteiger partial charge < -0.3 is 4.74 Å². The van der Waals surface area contributed by atoms with Gasteiger partial charge in [0.1, 0.15) is 5.56 Å². The van der Waals surface area contributed by atoms with Gasteiger partial charge in [0, 0.05) is 14.1 Å². The summed E-state index contributed by atoms with van der Waals surface area (Å²) in [5, 5.41) is 5.57. The minimum absolute atomic E-state index is 0.0875. The Kier molecular flexibility index (Phi) is 3.66. The van der Waals surface area contributed by atoms with Gasteiger partial charge in [-0.25, -0.2) is 17.5 Å². The lowest BCUT2D eigenvalue weighted by Crippen LogP contribution is -2.24. The SMILES string of the molecule is CCOC(=O)c1cn[nH]c1S(=O)(=O)N(C)C. The molecule has 0 radical (unpaired) electrons. The molecule has 0 aliphatic rings. The number of ether oxygens (including phenoxy) is 1.